The number of aromatic nitrogens is 3. The van der Waals surface area contributed by atoms with Gasteiger partial charge >= 0.3 is 0 Å². The summed E-state index contributed by atoms with van der Waals surface area (Å²) in [6.07, 6.45) is 5.42. The molecule has 0 unspecified atom stereocenters. The molecule has 0 aliphatic rings. The highest BCUT2D eigenvalue weighted by atomic mass is 16.5. The molecule has 0 saturated carbocycles. The van der Waals surface area contributed by atoms with Gasteiger partial charge in [0.1, 0.15) is 17.2 Å². The maximum atomic E-state index is 12.6. The highest BCUT2D eigenvalue weighted by molar-refractivity contribution is 6.04. The molecule has 162 valence electrons. The zero-order valence-electron chi connectivity index (χ0n) is 18.1. The Bertz CT molecular complexity index is 1220. The molecule has 2 aromatic heterocycles. The van der Waals surface area contributed by atoms with Crippen LogP contribution in [-0.2, 0) is 7.05 Å². The van der Waals surface area contributed by atoms with Crippen LogP contribution in [0.3, 0.4) is 0 Å². The maximum Gasteiger partial charge on any atom is 0.255 e. The molecule has 0 fully saturated rings. The second kappa shape index (κ2) is 9.34. The number of carbonyl (C=O) groups is 1. The summed E-state index contributed by atoms with van der Waals surface area (Å²) >= 11 is 0. The summed E-state index contributed by atoms with van der Waals surface area (Å²) in [5.41, 5.74) is 2.85. The first-order valence-electron chi connectivity index (χ1n) is 10.3. The van der Waals surface area contributed by atoms with Gasteiger partial charge in [-0.1, -0.05) is 6.07 Å². The third-order valence-electron chi connectivity index (χ3n) is 4.55. The van der Waals surface area contributed by atoms with Gasteiger partial charge in [-0.05, 0) is 56.3 Å². The molecular weight excluding hydrogens is 404 g/mol. The number of hydrogen-bond donors (Lipinski definition) is 1. The van der Waals surface area contributed by atoms with E-state index >= 15 is 0 Å². The van der Waals surface area contributed by atoms with E-state index in [0.717, 1.165) is 17.0 Å². The van der Waals surface area contributed by atoms with Crippen molar-refractivity contribution in [3.8, 4) is 28.5 Å². The van der Waals surface area contributed by atoms with Crippen molar-refractivity contribution >= 4 is 11.6 Å². The molecule has 0 spiro atoms. The van der Waals surface area contributed by atoms with Crippen molar-refractivity contribution in [3.05, 3.63) is 84.8 Å². The predicted octanol–water partition coefficient (Wildman–Crippen LogP) is 5.31. The monoisotopic (exact) mass is 428 g/mol. The fraction of sp³-hybridized carbons (Fsp3) is 0.160. The number of anilines is 1. The minimum absolute atomic E-state index is 0.0817. The van der Waals surface area contributed by atoms with Gasteiger partial charge in [0.05, 0.1) is 18.0 Å². The van der Waals surface area contributed by atoms with Crippen molar-refractivity contribution in [2.24, 2.45) is 7.05 Å². The SMILES string of the molecule is CC(C)Oc1ccc(C(=O)Nc2cccc(Oc3ccnc(-c4cnn(C)c4)c3)c2)cc1. The minimum Gasteiger partial charge on any atom is -0.491 e. The van der Waals surface area contributed by atoms with Crippen molar-refractivity contribution in [2.45, 2.75) is 20.0 Å². The molecule has 0 aliphatic carbocycles. The standard InChI is InChI=1S/C25H24N4O3/c1-17(2)31-21-9-7-18(8-10-21)25(30)28-20-5-4-6-22(13-20)32-23-11-12-26-24(14-23)19-15-27-29(3)16-19/h4-17H,1-3H3,(H,28,30). The molecule has 2 aromatic carbocycles. The van der Waals surface area contributed by atoms with Gasteiger partial charge in [0.2, 0.25) is 0 Å². The number of ether oxygens (including phenoxy) is 2. The smallest absolute Gasteiger partial charge is 0.255 e. The lowest BCUT2D eigenvalue weighted by Gasteiger charge is -2.11. The molecule has 0 aliphatic heterocycles. The maximum absolute atomic E-state index is 12.6. The predicted molar refractivity (Wildman–Crippen MR) is 123 cm³/mol. The number of rotatable bonds is 7. The summed E-state index contributed by atoms with van der Waals surface area (Å²) in [4.78, 5) is 17.0. The quantitative estimate of drug-likeness (QED) is 0.431. The molecule has 0 radical (unpaired) electrons. The first-order valence-corrected chi connectivity index (χ1v) is 10.3. The highest BCUT2D eigenvalue weighted by Crippen LogP contribution is 2.27. The molecule has 0 saturated heterocycles. The highest BCUT2D eigenvalue weighted by Gasteiger charge is 2.09. The van der Waals surface area contributed by atoms with Crippen LogP contribution in [0.15, 0.2) is 79.3 Å². The summed E-state index contributed by atoms with van der Waals surface area (Å²) in [7, 11) is 1.86. The summed E-state index contributed by atoms with van der Waals surface area (Å²) in [6, 6.07) is 17.9. The Balaban J connectivity index is 1.44. The molecule has 7 heteroatoms. The largest absolute Gasteiger partial charge is 0.491 e. The Hall–Kier alpha value is -4.13. The van der Waals surface area contributed by atoms with Crippen molar-refractivity contribution in [3.63, 3.8) is 0 Å². The van der Waals surface area contributed by atoms with Gasteiger partial charge in [0.15, 0.2) is 0 Å². The Labute approximate surface area is 186 Å². The van der Waals surface area contributed by atoms with Crippen molar-refractivity contribution in [2.75, 3.05) is 5.32 Å². The normalized spacial score (nSPS) is 10.8. The van der Waals surface area contributed by atoms with Crippen LogP contribution < -0.4 is 14.8 Å². The average molecular weight is 428 g/mol. The van der Waals surface area contributed by atoms with Crippen molar-refractivity contribution in [1.29, 1.82) is 0 Å². The molecule has 7 nitrogen and oxygen atoms in total. The number of amides is 1. The molecule has 4 aromatic rings. The number of aryl methyl sites for hydroxylation is 1. The van der Waals surface area contributed by atoms with Crippen LogP contribution in [0.1, 0.15) is 24.2 Å². The third kappa shape index (κ3) is 5.31. The van der Waals surface area contributed by atoms with Gasteiger partial charge < -0.3 is 14.8 Å². The van der Waals surface area contributed by atoms with E-state index < -0.39 is 0 Å². The van der Waals surface area contributed by atoms with E-state index in [4.69, 9.17) is 9.47 Å². The summed E-state index contributed by atoms with van der Waals surface area (Å²) in [5, 5.41) is 7.08. The van der Waals surface area contributed by atoms with Crippen LogP contribution in [0.5, 0.6) is 17.2 Å². The minimum atomic E-state index is -0.207. The molecule has 0 bridgehead atoms. The van der Waals surface area contributed by atoms with Gasteiger partial charge in [0, 0.05) is 48.4 Å². The van der Waals surface area contributed by atoms with Gasteiger partial charge in [-0.3, -0.25) is 14.5 Å². The Kier molecular flexibility index (Phi) is 6.17. The fourth-order valence-electron chi connectivity index (χ4n) is 3.12. The van der Waals surface area contributed by atoms with Crippen LogP contribution >= 0.6 is 0 Å². The van der Waals surface area contributed by atoms with E-state index in [1.807, 2.05) is 51.4 Å². The molecule has 1 amide bonds. The average Bonchev–Trinajstić information content (AvgIpc) is 3.21. The Morgan fingerprint density at radius 2 is 1.78 bits per heavy atom. The number of carbonyl (C=O) groups excluding carboxylic acids is 1. The number of benzene rings is 2. The lowest BCUT2D eigenvalue weighted by atomic mass is 10.2. The second-order valence-corrected chi connectivity index (χ2v) is 7.55. The zero-order valence-corrected chi connectivity index (χ0v) is 18.1. The molecule has 4 rings (SSSR count). The Morgan fingerprint density at radius 3 is 2.50 bits per heavy atom. The number of pyridine rings is 1. The first-order chi connectivity index (χ1) is 15.5. The van der Waals surface area contributed by atoms with E-state index in [-0.39, 0.29) is 12.0 Å². The zero-order chi connectivity index (χ0) is 22.5. The molecule has 32 heavy (non-hydrogen) atoms. The van der Waals surface area contributed by atoms with Crippen LogP contribution in [0.2, 0.25) is 0 Å². The van der Waals surface area contributed by atoms with Crippen LogP contribution in [0, 0.1) is 0 Å². The van der Waals surface area contributed by atoms with Crippen molar-refractivity contribution in [1.82, 2.24) is 14.8 Å². The molecule has 1 N–H and O–H groups in total. The van der Waals surface area contributed by atoms with Gasteiger partial charge in [-0.15, -0.1) is 0 Å². The number of nitrogens with zero attached hydrogens (tertiary/aromatic N) is 3. The summed E-state index contributed by atoms with van der Waals surface area (Å²) in [6.45, 7) is 3.92. The second-order valence-electron chi connectivity index (χ2n) is 7.55. The first kappa shape index (κ1) is 21.1. The van der Waals surface area contributed by atoms with E-state index in [9.17, 15) is 4.79 Å². The van der Waals surface area contributed by atoms with Gasteiger partial charge in [-0.2, -0.15) is 5.10 Å². The summed E-state index contributed by atoms with van der Waals surface area (Å²) in [5.74, 6) is 1.77. The van der Waals surface area contributed by atoms with Crippen LogP contribution in [-0.4, -0.2) is 26.8 Å². The van der Waals surface area contributed by atoms with Crippen LogP contribution in [0.25, 0.3) is 11.3 Å². The van der Waals surface area contributed by atoms with E-state index in [0.29, 0.717) is 22.7 Å². The summed E-state index contributed by atoms with van der Waals surface area (Å²) < 4.78 is 13.3. The van der Waals surface area contributed by atoms with E-state index in [1.165, 1.54) is 0 Å². The number of nitrogens with one attached hydrogen (secondary N) is 1. The molecule has 2 heterocycles. The lowest BCUT2D eigenvalue weighted by Crippen LogP contribution is -2.12. The lowest BCUT2D eigenvalue weighted by molar-refractivity contribution is 0.102. The Morgan fingerprint density at radius 1 is 1.00 bits per heavy atom. The fourth-order valence-corrected chi connectivity index (χ4v) is 3.12. The van der Waals surface area contributed by atoms with Crippen molar-refractivity contribution < 1.29 is 14.3 Å². The van der Waals surface area contributed by atoms with E-state index in [2.05, 4.69) is 15.4 Å². The van der Waals surface area contributed by atoms with Gasteiger partial charge in [-0.25, -0.2) is 0 Å². The van der Waals surface area contributed by atoms with E-state index in [1.54, 1.807) is 53.5 Å². The van der Waals surface area contributed by atoms with Crippen LogP contribution in [0.4, 0.5) is 5.69 Å². The molecule has 0 atom stereocenters. The molecular formula is C25H24N4O3. The topological polar surface area (TPSA) is 78.3 Å². The van der Waals surface area contributed by atoms with Gasteiger partial charge in [0.25, 0.3) is 5.91 Å². The third-order valence-corrected chi connectivity index (χ3v) is 4.55. The number of hydrogen-bond acceptors (Lipinski definition) is 5.